The number of benzene rings is 2. The highest BCUT2D eigenvalue weighted by Gasteiger charge is 2.12. The zero-order valence-corrected chi connectivity index (χ0v) is 13.6. The monoisotopic (exact) mass is 339 g/mol. The van der Waals surface area contributed by atoms with Crippen molar-refractivity contribution in [2.75, 3.05) is 5.32 Å². The molecule has 1 heterocycles. The van der Waals surface area contributed by atoms with Crippen molar-refractivity contribution in [2.24, 2.45) is 0 Å². The van der Waals surface area contributed by atoms with Gasteiger partial charge in [0.25, 0.3) is 11.5 Å². The Morgan fingerprint density at radius 1 is 1.08 bits per heavy atom. The lowest BCUT2D eigenvalue weighted by Crippen LogP contribution is -2.25. The Kier molecular flexibility index (Phi) is 4.44. The van der Waals surface area contributed by atoms with Gasteiger partial charge < -0.3 is 5.32 Å². The molecule has 0 saturated carbocycles. The molecule has 0 saturated heterocycles. The van der Waals surface area contributed by atoms with Crippen molar-refractivity contribution in [1.29, 1.82) is 0 Å². The van der Waals surface area contributed by atoms with Crippen LogP contribution in [0.2, 0.25) is 5.02 Å². The molecule has 1 aromatic heterocycles. The fourth-order valence-corrected chi connectivity index (χ4v) is 2.47. The Bertz CT molecular complexity index is 952. The van der Waals surface area contributed by atoms with Gasteiger partial charge in [-0.15, -0.1) is 0 Å². The second-order valence-corrected chi connectivity index (χ2v) is 5.65. The number of aromatic nitrogens is 2. The van der Waals surface area contributed by atoms with Crippen LogP contribution in [0.1, 0.15) is 16.1 Å². The molecule has 3 aromatic rings. The van der Waals surface area contributed by atoms with E-state index in [4.69, 9.17) is 11.6 Å². The van der Waals surface area contributed by atoms with Gasteiger partial charge in [0.05, 0.1) is 5.69 Å². The molecule has 0 bridgehead atoms. The number of amides is 1. The normalized spacial score (nSPS) is 10.4. The Morgan fingerprint density at radius 3 is 2.54 bits per heavy atom. The number of nitrogens with zero attached hydrogens (tertiary/aromatic N) is 2. The minimum absolute atomic E-state index is 0.146. The van der Waals surface area contributed by atoms with E-state index >= 15 is 0 Å². The van der Waals surface area contributed by atoms with Gasteiger partial charge in [0, 0.05) is 16.8 Å². The average Bonchev–Trinajstić information content (AvgIpc) is 2.58. The van der Waals surface area contributed by atoms with E-state index in [0.717, 1.165) is 5.56 Å². The molecular weight excluding hydrogens is 326 g/mol. The molecule has 0 unspecified atom stereocenters. The lowest BCUT2D eigenvalue weighted by molar-refractivity contribution is 0.102. The molecule has 24 heavy (non-hydrogen) atoms. The number of aryl methyl sites for hydroxylation is 1. The summed E-state index contributed by atoms with van der Waals surface area (Å²) in [5, 5.41) is 7.53. The van der Waals surface area contributed by atoms with Crippen LogP contribution in [0.5, 0.6) is 0 Å². The largest absolute Gasteiger partial charge is 0.320 e. The summed E-state index contributed by atoms with van der Waals surface area (Å²) >= 11 is 5.91. The summed E-state index contributed by atoms with van der Waals surface area (Å²) in [6, 6.07) is 16.8. The highest BCUT2D eigenvalue weighted by atomic mass is 35.5. The summed E-state index contributed by atoms with van der Waals surface area (Å²) in [7, 11) is 0. The molecule has 0 spiro atoms. The van der Waals surface area contributed by atoms with Gasteiger partial charge in [0.2, 0.25) is 0 Å². The van der Waals surface area contributed by atoms with Crippen molar-refractivity contribution in [3.05, 3.63) is 87.3 Å². The summed E-state index contributed by atoms with van der Waals surface area (Å²) in [5.74, 6) is -0.398. The molecule has 6 heteroatoms. The first-order valence-corrected chi connectivity index (χ1v) is 7.66. The first kappa shape index (κ1) is 16.0. The molecular formula is C18H14ClN3O2. The zero-order chi connectivity index (χ0) is 17.1. The standard InChI is InChI=1S/C18H14ClN3O2/c1-12-11-13(19)7-8-15(12)20-18(24)16-9-10-17(23)22(21-16)14-5-3-2-4-6-14/h2-11H,1H3,(H,20,24). The summed E-state index contributed by atoms with van der Waals surface area (Å²) in [6.07, 6.45) is 0. The van der Waals surface area contributed by atoms with E-state index in [0.29, 0.717) is 16.4 Å². The van der Waals surface area contributed by atoms with Crippen LogP contribution < -0.4 is 10.9 Å². The number of nitrogens with one attached hydrogen (secondary N) is 1. The topological polar surface area (TPSA) is 64.0 Å². The highest BCUT2D eigenvalue weighted by Crippen LogP contribution is 2.20. The molecule has 0 aliphatic carbocycles. The maximum atomic E-state index is 12.4. The Balaban J connectivity index is 1.92. The number of rotatable bonds is 3. The first-order valence-electron chi connectivity index (χ1n) is 7.28. The predicted octanol–water partition coefficient (Wildman–Crippen LogP) is 3.45. The molecule has 0 aliphatic rings. The third-order valence-electron chi connectivity index (χ3n) is 3.47. The van der Waals surface area contributed by atoms with Crippen molar-refractivity contribution in [1.82, 2.24) is 9.78 Å². The van der Waals surface area contributed by atoms with E-state index in [1.165, 1.54) is 16.8 Å². The molecule has 1 amide bonds. The number of hydrogen-bond acceptors (Lipinski definition) is 3. The predicted molar refractivity (Wildman–Crippen MR) is 94.0 cm³/mol. The summed E-state index contributed by atoms with van der Waals surface area (Å²) in [4.78, 5) is 24.4. The second-order valence-electron chi connectivity index (χ2n) is 5.22. The van der Waals surface area contributed by atoms with Crippen LogP contribution in [0.25, 0.3) is 5.69 Å². The number of carbonyl (C=O) groups excluding carboxylic acids is 1. The fraction of sp³-hybridized carbons (Fsp3) is 0.0556. The summed E-state index contributed by atoms with van der Waals surface area (Å²) in [6.45, 7) is 1.85. The van der Waals surface area contributed by atoms with Gasteiger partial charge in [-0.3, -0.25) is 9.59 Å². The minimum Gasteiger partial charge on any atom is -0.320 e. The molecule has 0 fully saturated rings. The smallest absolute Gasteiger partial charge is 0.276 e. The molecule has 0 atom stereocenters. The number of carbonyl (C=O) groups is 1. The SMILES string of the molecule is Cc1cc(Cl)ccc1NC(=O)c1ccc(=O)n(-c2ccccc2)n1. The van der Waals surface area contributed by atoms with Crippen molar-refractivity contribution in [3.63, 3.8) is 0 Å². The molecule has 0 aliphatic heterocycles. The van der Waals surface area contributed by atoms with Gasteiger partial charge in [0.1, 0.15) is 5.69 Å². The van der Waals surface area contributed by atoms with Gasteiger partial charge in [-0.25, -0.2) is 0 Å². The molecule has 0 radical (unpaired) electrons. The Labute approximate surface area is 143 Å². The van der Waals surface area contributed by atoms with Crippen molar-refractivity contribution >= 4 is 23.2 Å². The lowest BCUT2D eigenvalue weighted by Gasteiger charge is -2.10. The van der Waals surface area contributed by atoms with Crippen LogP contribution in [0.3, 0.4) is 0 Å². The van der Waals surface area contributed by atoms with E-state index in [1.54, 1.807) is 42.5 Å². The molecule has 5 nitrogen and oxygen atoms in total. The maximum absolute atomic E-state index is 12.4. The average molecular weight is 340 g/mol. The van der Waals surface area contributed by atoms with Crippen LogP contribution in [0.4, 0.5) is 5.69 Å². The Hall–Kier alpha value is -2.92. The van der Waals surface area contributed by atoms with E-state index in [2.05, 4.69) is 10.4 Å². The van der Waals surface area contributed by atoms with Crippen LogP contribution in [0, 0.1) is 6.92 Å². The van der Waals surface area contributed by atoms with Gasteiger partial charge in [-0.1, -0.05) is 29.8 Å². The van der Waals surface area contributed by atoms with Crippen LogP contribution in [0.15, 0.2) is 65.5 Å². The van der Waals surface area contributed by atoms with Crippen LogP contribution >= 0.6 is 11.6 Å². The van der Waals surface area contributed by atoms with E-state index < -0.39 is 5.91 Å². The third kappa shape index (κ3) is 3.36. The van der Waals surface area contributed by atoms with Crippen molar-refractivity contribution < 1.29 is 4.79 Å². The van der Waals surface area contributed by atoms with Crippen molar-refractivity contribution in [2.45, 2.75) is 6.92 Å². The number of para-hydroxylation sites is 1. The van der Waals surface area contributed by atoms with Crippen molar-refractivity contribution in [3.8, 4) is 5.69 Å². The second kappa shape index (κ2) is 6.68. The van der Waals surface area contributed by atoms with E-state index in [-0.39, 0.29) is 11.3 Å². The summed E-state index contributed by atoms with van der Waals surface area (Å²) in [5.41, 5.74) is 1.92. The minimum atomic E-state index is -0.398. The van der Waals surface area contributed by atoms with Crippen LogP contribution in [-0.4, -0.2) is 15.7 Å². The summed E-state index contributed by atoms with van der Waals surface area (Å²) < 4.78 is 1.20. The molecule has 3 rings (SSSR count). The molecule has 1 N–H and O–H groups in total. The van der Waals surface area contributed by atoms with E-state index in [9.17, 15) is 9.59 Å². The maximum Gasteiger partial charge on any atom is 0.276 e. The first-order chi connectivity index (χ1) is 11.5. The number of halogens is 1. The van der Waals surface area contributed by atoms with Gasteiger partial charge in [-0.2, -0.15) is 9.78 Å². The Morgan fingerprint density at radius 2 is 1.83 bits per heavy atom. The van der Waals surface area contributed by atoms with Gasteiger partial charge in [-0.05, 0) is 48.9 Å². The van der Waals surface area contributed by atoms with E-state index in [1.807, 2.05) is 13.0 Å². The highest BCUT2D eigenvalue weighted by molar-refractivity contribution is 6.30. The fourth-order valence-electron chi connectivity index (χ4n) is 2.24. The molecule has 2 aromatic carbocycles. The third-order valence-corrected chi connectivity index (χ3v) is 3.71. The number of anilines is 1. The zero-order valence-electron chi connectivity index (χ0n) is 12.9. The lowest BCUT2D eigenvalue weighted by atomic mass is 10.2. The van der Waals surface area contributed by atoms with Gasteiger partial charge in [0.15, 0.2) is 0 Å². The van der Waals surface area contributed by atoms with Crippen LogP contribution in [-0.2, 0) is 0 Å². The number of hydrogen-bond donors (Lipinski definition) is 1. The molecule has 120 valence electrons. The quantitative estimate of drug-likeness (QED) is 0.795. The van der Waals surface area contributed by atoms with Gasteiger partial charge >= 0.3 is 0 Å².